The fourth-order valence-corrected chi connectivity index (χ4v) is 6.73. The summed E-state index contributed by atoms with van der Waals surface area (Å²) in [5.41, 5.74) is -1.12. The third-order valence-corrected chi connectivity index (χ3v) is 9.76. The molecule has 6 aromatic rings. The molecule has 0 aliphatic heterocycles. The van der Waals surface area contributed by atoms with Gasteiger partial charge < -0.3 is 24.7 Å². The first-order valence-electron chi connectivity index (χ1n) is 17.7. The summed E-state index contributed by atoms with van der Waals surface area (Å²) in [4.78, 5) is 40.8. The molecule has 4 aromatic heterocycles. The number of aromatic nitrogens is 6. The van der Waals surface area contributed by atoms with Crippen molar-refractivity contribution in [2.45, 2.75) is 50.2 Å². The topological polar surface area (TPSA) is 148 Å². The average Bonchev–Trinajstić information content (AvgIpc) is 3.92. The van der Waals surface area contributed by atoms with Crippen LogP contribution >= 0.6 is 11.6 Å². The number of ketones is 2. The zero-order valence-electron chi connectivity index (χ0n) is 30.4. The Morgan fingerprint density at radius 1 is 0.763 bits per heavy atom. The van der Waals surface area contributed by atoms with Crippen molar-refractivity contribution in [3.8, 4) is 0 Å². The molecule has 0 radical (unpaired) electrons. The van der Waals surface area contributed by atoms with Gasteiger partial charge in [0.05, 0.1) is 23.3 Å². The maximum atomic E-state index is 14.5. The van der Waals surface area contributed by atoms with Crippen LogP contribution in [0.1, 0.15) is 60.8 Å². The van der Waals surface area contributed by atoms with Gasteiger partial charge >= 0.3 is 12.4 Å². The van der Waals surface area contributed by atoms with Crippen LogP contribution < -0.4 is 5.32 Å². The number of anilines is 1. The Morgan fingerprint density at radius 2 is 1.24 bits per heavy atom. The van der Waals surface area contributed by atoms with Gasteiger partial charge in [0, 0.05) is 61.5 Å². The lowest BCUT2D eigenvalue weighted by Gasteiger charge is -2.18. The molecule has 59 heavy (non-hydrogen) atoms. The van der Waals surface area contributed by atoms with Crippen molar-refractivity contribution in [1.82, 2.24) is 29.1 Å². The van der Waals surface area contributed by atoms with E-state index >= 15 is 0 Å². The molecule has 0 bridgehead atoms. The molecule has 0 unspecified atom stereocenters. The van der Waals surface area contributed by atoms with E-state index in [0.29, 0.717) is 11.1 Å². The predicted molar refractivity (Wildman–Crippen MR) is 199 cm³/mol. The van der Waals surface area contributed by atoms with Crippen molar-refractivity contribution in [3.05, 3.63) is 160 Å². The van der Waals surface area contributed by atoms with Crippen molar-refractivity contribution in [1.29, 1.82) is 0 Å². The lowest BCUT2D eigenvalue weighted by atomic mass is 10.1. The SMILES string of the molecule is O=C(c1cc(C(F)(F)F)n(Cc2ccccc2)c1)c1cncnc1Cl.O=C(c1cc(C(F)(F)F)n(Cc2ccccc2)c1)c1cncnc1N[C@@H]1C[C@H](CO)[C@@H](O)[C@@H]1F. The summed E-state index contributed by atoms with van der Waals surface area (Å²) in [5, 5.41) is 21.9. The van der Waals surface area contributed by atoms with E-state index in [1.54, 1.807) is 60.7 Å². The van der Waals surface area contributed by atoms with Gasteiger partial charge in [-0.2, -0.15) is 26.3 Å². The Bertz CT molecular complexity index is 2390. The Hall–Kier alpha value is -5.98. The average molecular weight is 844 g/mol. The molecule has 308 valence electrons. The molecule has 7 rings (SSSR count). The number of alkyl halides is 7. The fourth-order valence-electron chi connectivity index (χ4n) is 6.55. The largest absolute Gasteiger partial charge is 0.431 e. The summed E-state index contributed by atoms with van der Waals surface area (Å²) in [5.74, 6) is -2.19. The van der Waals surface area contributed by atoms with Crippen molar-refractivity contribution < 1.29 is 50.5 Å². The van der Waals surface area contributed by atoms with E-state index in [-0.39, 0.29) is 52.7 Å². The molecule has 0 saturated heterocycles. The number of carbonyl (C=O) groups excluding carboxylic acids is 2. The molecule has 1 aliphatic carbocycles. The van der Waals surface area contributed by atoms with Gasteiger partial charge in [0.25, 0.3) is 0 Å². The van der Waals surface area contributed by atoms with Gasteiger partial charge in [-0.15, -0.1) is 0 Å². The van der Waals surface area contributed by atoms with E-state index < -0.39 is 66.1 Å². The minimum absolute atomic E-state index is 0.0119. The molecule has 1 saturated carbocycles. The summed E-state index contributed by atoms with van der Waals surface area (Å²) < 4.78 is 97.4. The molecule has 11 nitrogen and oxygen atoms in total. The van der Waals surface area contributed by atoms with Crippen LogP contribution in [0.25, 0.3) is 0 Å². The standard InChI is InChI=1S/C23H22F4N4O3.C17H11ClF3N3O/c24-19-17(6-15(11-32)21(19)34)30-22-16(8-28-12-29-22)20(33)14-7-18(23(25,26)27)31(10-14)9-13-4-2-1-3-5-13;18-16-13(7-22-10-23-16)15(25)12-6-14(17(19,20)21)24(9-12)8-11-4-2-1-3-5-11/h1-5,7-8,10,12,15,17,19,21,32,34H,6,9,11H2,(H,28,29,30);1-7,9-10H,8H2/t15-,17-,19-,21-;/m1./s1. The Morgan fingerprint density at radius 3 is 1.69 bits per heavy atom. The quantitative estimate of drug-likeness (QED) is 0.0695. The number of hydrogen-bond donors (Lipinski definition) is 3. The molecule has 0 amide bonds. The lowest BCUT2D eigenvalue weighted by Crippen LogP contribution is -2.32. The van der Waals surface area contributed by atoms with Crippen LogP contribution in [0.15, 0.2) is 110 Å². The first-order valence-corrected chi connectivity index (χ1v) is 18.1. The highest BCUT2D eigenvalue weighted by molar-refractivity contribution is 6.33. The second-order valence-electron chi connectivity index (χ2n) is 13.5. The fraction of sp³-hybridized carbons (Fsp3) is 0.250. The smallest absolute Gasteiger partial charge is 0.396 e. The molecular weight excluding hydrogens is 811 g/mol. The van der Waals surface area contributed by atoms with Gasteiger partial charge in [-0.3, -0.25) is 9.59 Å². The normalized spacial score (nSPS) is 17.9. The molecule has 3 N–H and O–H groups in total. The molecule has 0 spiro atoms. The summed E-state index contributed by atoms with van der Waals surface area (Å²) in [7, 11) is 0. The highest BCUT2D eigenvalue weighted by Gasteiger charge is 2.43. The number of halogens is 8. The Labute approximate surface area is 336 Å². The van der Waals surface area contributed by atoms with Crippen molar-refractivity contribution in [2.75, 3.05) is 11.9 Å². The van der Waals surface area contributed by atoms with Gasteiger partial charge in [-0.1, -0.05) is 72.3 Å². The molecule has 19 heteroatoms. The highest BCUT2D eigenvalue weighted by atomic mass is 35.5. The van der Waals surface area contributed by atoms with Gasteiger partial charge in [-0.05, 0) is 29.7 Å². The maximum Gasteiger partial charge on any atom is 0.431 e. The van der Waals surface area contributed by atoms with Crippen molar-refractivity contribution >= 4 is 29.0 Å². The first-order chi connectivity index (χ1) is 28.0. The van der Waals surface area contributed by atoms with Gasteiger partial charge in [0.15, 0.2) is 11.6 Å². The second kappa shape index (κ2) is 17.9. The Balaban J connectivity index is 0.000000208. The van der Waals surface area contributed by atoms with E-state index in [4.69, 9.17) is 11.6 Å². The number of aliphatic hydroxyl groups excluding tert-OH is 2. The summed E-state index contributed by atoms with van der Waals surface area (Å²) in [6, 6.07) is 17.8. The predicted octanol–water partition coefficient (Wildman–Crippen LogP) is 7.30. The van der Waals surface area contributed by atoms with E-state index in [2.05, 4.69) is 25.3 Å². The number of benzene rings is 2. The van der Waals surface area contributed by atoms with Crippen molar-refractivity contribution in [3.63, 3.8) is 0 Å². The van der Waals surface area contributed by atoms with Gasteiger partial charge in [-0.25, -0.2) is 24.3 Å². The van der Waals surface area contributed by atoms with Crippen molar-refractivity contribution in [2.24, 2.45) is 5.92 Å². The first kappa shape index (κ1) is 42.6. The monoisotopic (exact) mass is 843 g/mol. The van der Waals surface area contributed by atoms with E-state index in [9.17, 15) is 50.5 Å². The summed E-state index contributed by atoms with van der Waals surface area (Å²) in [6.07, 6.45) is -5.43. The summed E-state index contributed by atoms with van der Waals surface area (Å²) in [6.45, 7) is -0.516. The minimum Gasteiger partial charge on any atom is -0.396 e. The van der Waals surface area contributed by atoms with Crippen LogP contribution in [0.3, 0.4) is 0 Å². The lowest BCUT2D eigenvalue weighted by molar-refractivity contribution is -0.144. The van der Waals surface area contributed by atoms with Crippen LogP contribution in [-0.4, -0.2) is 75.8 Å². The zero-order chi connectivity index (χ0) is 42.5. The second-order valence-corrected chi connectivity index (χ2v) is 13.8. The van der Waals surface area contributed by atoms with Crippen LogP contribution in [0, 0.1) is 5.92 Å². The molecule has 4 heterocycles. The third kappa shape index (κ3) is 10.0. The number of carbonyl (C=O) groups is 2. The third-order valence-electron chi connectivity index (χ3n) is 9.46. The van der Waals surface area contributed by atoms with Gasteiger partial charge in [0.2, 0.25) is 0 Å². The van der Waals surface area contributed by atoms with E-state index in [1.165, 1.54) is 12.4 Å². The van der Waals surface area contributed by atoms with Crippen LogP contribution in [0.2, 0.25) is 5.15 Å². The van der Waals surface area contributed by atoms with Crippen LogP contribution in [0.5, 0.6) is 0 Å². The number of aliphatic hydroxyl groups is 2. The Kier molecular flexibility index (Phi) is 12.9. The highest BCUT2D eigenvalue weighted by Crippen LogP contribution is 2.35. The maximum absolute atomic E-state index is 14.5. The van der Waals surface area contributed by atoms with Gasteiger partial charge in [0.1, 0.15) is 41.2 Å². The number of rotatable bonds is 11. The number of hydrogen-bond acceptors (Lipinski definition) is 9. The zero-order valence-corrected chi connectivity index (χ0v) is 31.2. The number of nitrogens with one attached hydrogen (secondary N) is 1. The van der Waals surface area contributed by atoms with E-state index in [0.717, 1.165) is 46.3 Å². The molecule has 4 atom stereocenters. The molecular formula is C40H33ClF7N7O4. The number of nitrogens with zero attached hydrogens (tertiary/aromatic N) is 6. The minimum atomic E-state index is -4.69. The summed E-state index contributed by atoms with van der Waals surface area (Å²) >= 11 is 5.83. The molecule has 2 aromatic carbocycles. The molecule has 1 aliphatic rings. The molecule has 1 fully saturated rings. The van der Waals surface area contributed by atoms with Crippen LogP contribution in [0.4, 0.5) is 36.6 Å². The van der Waals surface area contributed by atoms with E-state index in [1.807, 2.05) is 0 Å². The van der Waals surface area contributed by atoms with Crippen LogP contribution in [-0.2, 0) is 25.4 Å².